The van der Waals surface area contributed by atoms with E-state index in [4.69, 9.17) is 5.11 Å². The Labute approximate surface area is 108 Å². The highest BCUT2D eigenvalue weighted by molar-refractivity contribution is 5.73. The minimum atomic E-state index is -0.523. The summed E-state index contributed by atoms with van der Waals surface area (Å²) in [4.78, 5) is 11.4. The fraction of sp³-hybridized carbons (Fsp3) is 0.500. The van der Waals surface area contributed by atoms with Crippen molar-refractivity contribution in [3.63, 3.8) is 0 Å². The average molecular weight is 250 g/mol. The third-order valence-electron chi connectivity index (χ3n) is 2.74. The topological polar surface area (TPSA) is 61.4 Å². The van der Waals surface area contributed by atoms with Crippen LogP contribution in [-0.2, 0) is 0 Å². The highest BCUT2D eigenvalue weighted by atomic mass is 16.3. The standard InChI is InChI=1S/C14H22N2O2/c1-10-5-4-6-13(7-10)11(2)8-15-14(18)16-9-12(3)17/h4-7,11-12,17H,8-9H2,1-3H3,(H2,15,16,18)/t11-,12-/m1/s1. The monoisotopic (exact) mass is 250 g/mol. The average Bonchev–Trinajstić information content (AvgIpc) is 2.33. The van der Waals surface area contributed by atoms with Gasteiger partial charge >= 0.3 is 6.03 Å². The second kappa shape index (κ2) is 7.01. The molecule has 0 aliphatic rings. The first-order valence-electron chi connectivity index (χ1n) is 6.25. The maximum Gasteiger partial charge on any atom is 0.314 e. The highest BCUT2D eigenvalue weighted by Crippen LogP contribution is 2.15. The smallest absolute Gasteiger partial charge is 0.314 e. The summed E-state index contributed by atoms with van der Waals surface area (Å²) in [6.07, 6.45) is -0.523. The van der Waals surface area contributed by atoms with E-state index < -0.39 is 6.10 Å². The molecule has 1 rings (SSSR count). The fourth-order valence-corrected chi connectivity index (χ4v) is 1.64. The van der Waals surface area contributed by atoms with Crippen molar-refractivity contribution in [2.24, 2.45) is 0 Å². The molecule has 0 saturated carbocycles. The molecule has 0 heterocycles. The van der Waals surface area contributed by atoms with Crippen molar-refractivity contribution < 1.29 is 9.90 Å². The van der Waals surface area contributed by atoms with Gasteiger partial charge in [0.05, 0.1) is 6.10 Å². The third-order valence-corrected chi connectivity index (χ3v) is 2.74. The Morgan fingerprint density at radius 1 is 1.28 bits per heavy atom. The molecule has 0 aliphatic carbocycles. The Kier molecular flexibility index (Phi) is 5.65. The summed E-state index contributed by atoms with van der Waals surface area (Å²) in [5.41, 5.74) is 2.43. The van der Waals surface area contributed by atoms with Gasteiger partial charge in [-0.05, 0) is 25.3 Å². The number of hydrogen-bond acceptors (Lipinski definition) is 2. The molecule has 2 atom stereocenters. The maximum atomic E-state index is 11.4. The van der Waals surface area contributed by atoms with Gasteiger partial charge in [0.2, 0.25) is 0 Å². The molecule has 0 saturated heterocycles. The van der Waals surface area contributed by atoms with Crippen molar-refractivity contribution in [2.45, 2.75) is 32.8 Å². The molecular weight excluding hydrogens is 228 g/mol. The lowest BCUT2D eigenvalue weighted by Crippen LogP contribution is -2.40. The lowest BCUT2D eigenvalue weighted by Gasteiger charge is -2.14. The van der Waals surface area contributed by atoms with E-state index in [9.17, 15) is 4.79 Å². The number of carbonyl (C=O) groups is 1. The van der Waals surface area contributed by atoms with Crippen molar-refractivity contribution in [1.82, 2.24) is 10.6 Å². The van der Waals surface area contributed by atoms with Crippen LogP contribution in [0.2, 0.25) is 0 Å². The number of benzene rings is 1. The van der Waals surface area contributed by atoms with E-state index in [1.165, 1.54) is 11.1 Å². The van der Waals surface area contributed by atoms with Crippen LogP contribution >= 0.6 is 0 Å². The number of carbonyl (C=O) groups excluding carboxylic acids is 1. The summed E-state index contributed by atoms with van der Waals surface area (Å²) >= 11 is 0. The quantitative estimate of drug-likeness (QED) is 0.746. The molecule has 3 N–H and O–H groups in total. The first kappa shape index (κ1) is 14.5. The van der Waals surface area contributed by atoms with Crippen LogP contribution in [-0.4, -0.2) is 30.3 Å². The summed E-state index contributed by atoms with van der Waals surface area (Å²) < 4.78 is 0. The van der Waals surface area contributed by atoms with E-state index >= 15 is 0 Å². The number of hydrogen-bond donors (Lipinski definition) is 3. The third kappa shape index (κ3) is 5.19. The summed E-state index contributed by atoms with van der Waals surface area (Å²) in [5.74, 6) is 0.266. The molecule has 1 aromatic carbocycles. The first-order valence-corrected chi connectivity index (χ1v) is 6.25. The lowest BCUT2D eigenvalue weighted by atomic mass is 9.99. The Balaban J connectivity index is 2.37. The molecule has 100 valence electrons. The van der Waals surface area contributed by atoms with Crippen LogP contribution in [0.4, 0.5) is 4.79 Å². The number of urea groups is 1. The van der Waals surface area contributed by atoms with E-state index in [2.05, 4.69) is 42.7 Å². The van der Waals surface area contributed by atoms with Crippen LogP contribution in [0.5, 0.6) is 0 Å². The normalized spacial score (nSPS) is 13.8. The fourth-order valence-electron chi connectivity index (χ4n) is 1.64. The summed E-state index contributed by atoms with van der Waals surface area (Å²) in [6, 6.07) is 8.02. The molecule has 0 unspecified atom stereocenters. The van der Waals surface area contributed by atoms with Crippen LogP contribution in [0.15, 0.2) is 24.3 Å². The summed E-state index contributed by atoms with van der Waals surface area (Å²) in [6.45, 7) is 6.61. The van der Waals surface area contributed by atoms with E-state index in [1.807, 2.05) is 6.07 Å². The molecule has 0 aliphatic heterocycles. The minimum Gasteiger partial charge on any atom is -0.392 e. The summed E-state index contributed by atoms with van der Waals surface area (Å²) in [5, 5.41) is 14.4. The van der Waals surface area contributed by atoms with Crippen molar-refractivity contribution in [3.05, 3.63) is 35.4 Å². The van der Waals surface area contributed by atoms with Gasteiger partial charge in [0.15, 0.2) is 0 Å². The van der Waals surface area contributed by atoms with Gasteiger partial charge in [-0.2, -0.15) is 0 Å². The molecule has 0 aromatic heterocycles. The zero-order valence-corrected chi connectivity index (χ0v) is 11.2. The van der Waals surface area contributed by atoms with Crippen LogP contribution in [0.25, 0.3) is 0 Å². The molecule has 18 heavy (non-hydrogen) atoms. The second-order valence-corrected chi connectivity index (χ2v) is 4.76. The molecule has 0 radical (unpaired) electrons. The van der Waals surface area contributed by atoms with Crippen LogP contribution in [0, 0.1) is 6.92 Å². The molecule has 4 heteroatoms. The molecule has 0 bridgehead atoms. The number of aliphatic hydroxyl groups excluding tert-OH is 1. The van der Waals surface area contributed by atoms with Crippen molar-refractivity contribution >= 4 is 6.03 Å². The molecule has 0 spiro atoms. The van der Waals surface area contributed by atoms with Gasteiger partial charge in [-0.25, -0.2) is 4.79 Å². The first-order chi connectivity index (χ1) is 8.49. The zero-order chi connectivity index (χ0) is 13.5. The predicted molar refractivity (Wildman–Crippen MR) is 72.7 cm³/mol. The predicted octanol–water partition coefficient (Wildman–Crippen LogP) is 1.78. The Morgan fingerprint density at radius 3 is 2.56 bits per heavy atom. The largest absolute Gasteiger partial charge is 0.392 e. The van der Waals surface area contributed by atoms with E-state index in [1.54, 1.807) is 6.92 Å². The molecule has 0 fully saturated rings. The Bertz CT molecular complexity index is 391. The summed E-state index contributed by atoms with van der Waals surface area (Å²) in [7, 11) is 0. The van der Waals surface area contributed by atoms with Gasteiger partial charge in [-0.3, -0.25) is 0 Å². The van der Waals surface area contributed by atoms with Crippen molar-refractivity contribution in [3.8, 4) is 0 Å². The Morgan fingerprint density at radius 2 is 1.94 bits per heavy atom. The SMILES string of the molecule is Cc1cccc([C@H](C)CNC(=O)NC[C@@H](C)O)c1. The number of nitrogens with one attached hydrogen (secondary N) is 2. The van der Waals surface area contributed by atoms with Crippen LogP contribution < -0.4 is 10.6 Å². The lowest BCUT2D eigenvalue weighted by molar-refractivity contribution is 0.187. The van der Waals surface area contributed by atoms with Gasteiger partial charge in [0.1, 0.15) is 0 Å². The van der Waals surface area contributed by atoms with Gasteiger partial charge in [-0.15, -0.1) is 0 Å². The van der Waals surface area contributed by atoms with Crippen LogP contribution in [0.1, 0.15) is 30.9 Å². The molecule has 1 aromatic rings. The van der Waals surface area contributed by atoms with Gasteiger partial charge < -0.3 is 15.7 Å². The van der Waals surface area contributed by atoms with Crippen molar-refractivity contribution in [1.29, 1.82) is 0 Å². The van der Waals surface area contributed by atoms with Gasteiger partial charge in [0.25, 0.3) is 0 Å². The maximum absolute atomic E-state index is 11.4. The molecule has 4 nitrogen and oxygen atoms in total. The van der Waals surface area contributed by atoms with Gasteiger partial charge in [-0.1, -0.05) is 36.8 Å². The zero-order valence-electron chi connectivity index (χ0n) is 11.2. The van der Waals surface area contributed by atoms with Crippen LogP contribution in [0.3, 0.4) is 0 Å². The van der Waals surface area contributed by atoms with E-state index in [0.717, 1.165) is 0 Å². The number of rotatable bonds is 5. The number of aliphatic hydroxyl groups is 1. The molecule has 2 amide bonds. The van der Waals surface area contributed by atoms with E-state index in [-0.39, 0.29) is 18.5 Å². The molecular formula is C14H22N2O2. The number of aryl methyl sites for hydroxylation is 1. The highest BCUT2D eigenvalue weighted by Gasteiger charge is 2.08. The van der Waals surface area contributed by atoms with Crippen molar-refractivity contribution in [2.75, 3.05) is 13.1 Å². The Hall–Kier alpha value is -1.55. The second-order valence-electron chi connectivity index (χ2n) is 4.76. The van der Waals surface area contributed by atoms with E-state index in [0.29, 0.717) is 6.54 Å². The number of amides is 2. The van der Waals surface area contributed by atoms with Gasteiger partial charge in [0, 0.05) is 13.1 Å². The minimum absolute atomic E-state index is 0.240.